The van der Waals surface area contributed by atoms with Crippen LogP contribution in [-0.4, -0.2) is 34.4 Å². The fourth-order valence-corrected chi connectivity index (χ4v) is 2.19. The smallest absolute Gasteiger partial charge is 0.155 e. The third-order valence-electron chi connectivity index (χ3n) is 3.51. The van der Waals surface area contributed by atoms with Gasteiger partial charge in [-0.15, -0.1) is 0 Å². The molecule has 0 bridgehead atoms. The van der Waals surface area contributed by atoms with Crippen LogP contribution in [0.2, 0.25) is 0 Å². The van der Waals surface area contributed by atoms with Crippen molar-refractivity contribution >= 4 is 5.65 Å². The zero-order valence-electron chi connectivity index (χ0n) is 12.0. The SMILES string of the molecule is Cc1cc2ncc(CNCCCOCC3CC3)cn2n1. The Morgan fingerprint density at radius 1 is 1.45 bits per heavy atom. The van der Waals surface area contributed by atoms with Crippen LogP contribution in [0.5, 0.6) is 0 Å². The molecular weight excluding hydrogens is 252 g/mol. The monoisotopic (exact) mass is 274 g/mol. The maximum absolute atomic E-state index is 5.60. The number of hydrogen-bond acceptors (Lipinski definition) is 4. The zero-order valence-corrected chi connectivity index (χ0v) is 12.0. The van der Waals surface area contributed by atoms with Crippen LogP contribution in [0.3, 0.4) is 0 Å². The molecule has 1 saturated carbocycles. The van der Waals surface area contributed by atoms with Crippen molar-refractivity contribution in [1.29, 1.82) is 0 Å². The van der Waals surface area contributed by atoms with Gasteiger partial charge in [0, 0.05) is 43.8 Å². The van der Waals surface area contributed by atoms with Crippen LogP contribution < -0.4 is 5.32 Å². The molecule has 1 aliphatic carbocycles. The van der Waals surface area contributed by atoms with E-state index in [0.29, 0.717) is 0 Å². The Kier molecular flexibility index (Phi) is 4.28. The third-order valence-corrected chi connectivity index (χ3v) is 3.51. The van der Waals surface area contributed by atoms with Crippen LogP contribution in [0.1, 0.15) is 30.5 Å². The fraction of sp³-hybridized carbons (Fsp3) is 0.600. The van der Waals surface area contributed by atoms with Crippen molar-refractivity contribution in [3.05, 3.63) is 29.7 Å². The highest BCUT2D eigenvalue weighted by molar-refractivity contribution is 5.38. The van der Waals surface area contributed by atoms with Crippen molar-refractivity contribution in [1.82, 2.24) is 19.9 Å². The van der Waals surface area contributed by atoms with Crippen molar-refractivity contribution in [3.8, 4) is 0 Å². The van der Waals surface area contributed by atoms with Gasteiger partial charge >= 0.3 is 0 Å². The lowest BCUT2D eigenvalue weighted by molar-refractivity contribution is 0.122. The van der Waals surface area contributed by atoms with E-state index in [4.69, 9.17) is 4.74 Å². The van der Waals surface area contributed by atoms with E-state index >= 15 is 0 Å². The number of hydrogen-bond donors (Lipinski definition) is 1. The summed E-state index contributed by atoms with van der Waals surface area (Å²) in [6, 6.07) is 1.98. The van der Waals surface area contributed by atoms with Gasteiger partial charge in [0.1, 0.15) is 0 Å². The van der Waals surface area contributed by atoms with E-state index in [1.54, 1.807) is 0 Å². The van der Waals surface area contributed by atoms with Gasteiger partial charge in [-0.25, -0.2) is 9.50 Å². The van der Waals surface area contributed by atoms with Gasteiger partial charge in [-0.1, -0.05) is 0 Å². The average Bonchev–Trinajstić information content (AvgIpc) is 3.17. The zero-order chi connectivity index (χ0) is 13.8. The minimum absolute atomic E-state index is 0.824. The summed E-state index contributed by atoms with van der Waals surface area (Å²) >= 11 is 0. The normalized spacial score (nSPS) is 15.1. The predicted molar refractivity (Wildman–Crippen MR) is 77.6 cm³/mol. The third kappa shape index (κ3) is 3.77. The first-order valence-electron chi connectivity index (χ1n) is 7.40. The van der Waals surface area contributed by atoms with E-state index in [-0.39, 0.29) is 0 Å². The molecule has 0 amide bonds. The Hall–Kier alpha value is -1.46. The molecule has 0 unspecified atom stereocenters. The van der Waals surface area contributed by atoms with Gasteiger partial charge in [-0.3, -0.25) is 0 Å². The van der Waals surface area contributed by atoms with E-state index in [2.05, 4.69) is 15.4 Å². The number of aromatic nitrogens is 3. The Labute approximate surface area is 119 Å². The lowest BCUT2D eigenvalue weighted by Crippen LogP contribution is -2.17. The second kappa shape index (κ2) is 6.33. The molecule has 2 heterocycles. The molecule has 0 radical (unpaired) electrons. The minimum Gasteiger partial charge on any atom is -0.381 e. The molecule has 3 rings (SSSR count). The van der Waals surface area contributed by atoms with Crippen LogP contribution in [0.25, 0.3) is 5.65 Å². The topological polar surface area (TPSA) is 51.5 Å². The Morgan fingerprint density at radius 2 is 2.35 bits per heavy atom. The van der Waals surface area contributed by atoms with E-state index in [0.717, 1.165) is 55.5 Å². The lowest BCUT2D eigenvalue weighted by Gasteiger charge is -2.06. The number of nitrogens with one attached hydrogen (secondary N) is 1. The summed E-state index contributed by atoms with van der Waals surface area (Å²) in [5.41, 5.74) is 3.05. The maximum atomic E-state index is 5.60. The summed E-state index contributed by atoms with van der Waals surface area (Å²) < 4.78 is 7.44. The molecule has 2 aromatic heterocycles. The summed E-state index contributed by atoms with van der Waals surface area (Å²) in [6.07, 6.45) is 7.73. The number of ether oxygens (including phenoxy) is 1. The molecule has 0 aromatic carbocycles. The summed E-state index contributed by atoms with van der Waals surface area (Å²) in [7, 11) is 0. The van der Waals surface area contributed by atoms with E-state index in [9.17, 15) is 0 Å². The first-order valence-corrected chi connectivity index (χ1v) is 7.40. The van der Waals surface area contributed by atoms with Gasteiger partial charge in [-0.2, -0.15) is 5.10 Å². The summed E-state index contributed by atoms with van der Waals surface area (Å²) in [6.45, 7) is 5.60. The summed E-state index contributed by atoms with van der Waals surface area (Å²) in [5.74, 6) is 0.860. The number of aryl methyl sites for hydroxylation is 1. The van der Waals surface area contributed by atoms with E-state index < -0.39 is 0 Å². The van der Waals surface area contributed by atoms with Gasteiger partial charge in [0.25, 0.3) is 0 Å². The highest BCUT2D eigenvalue weighted by Crippen LogP contribution is 2.28. The maximum Gasteiger partial charge on any atom is 0.155 e. The standard InChI is InChI=1S/C15H22N4O/c1-12-7-15-17-9-14(10-19(15)18-12)8-16-5-2-6-20-11-13-3-4-13/h7,9-10,13,16H,2-6,8,11H2,1H3. The molecule has 20 heavy (non-hydrogen) atoms. The molecule has 5 nitrogen and oxygen atoms in total. The second-order valence-electron chi connectivity index (χ2n) is 5.60. The number of nitrogens with zero attached hydrogens (tertiary/aromatic N) is 3. The van der Waals surface area contributed by atoms with Crippen molar-refractivity contribution in [2.45, 2.75) is 32.7 Å². The lowest BCUT2D eigenvalue weighted by atomic mass is 10.3. The highest BCUT2D eigenvalue weighted by Gasteiger charge is 2.20. The van der Waals surface area contributed by atoms with Gasteiger partial charge in [0.15, 0.2) is 5.65 Å². The average molecular weight is 274 g/mol. The molecule has 108 valence electrons. The van der Waals surface area contributed by atoms with Crippen LogP contribution >= 0.6 is 0 Å². The Morgan fingerprint density at radius 3 is 3.20 bits per heavy atom. The van der Waals surface area contributed by atoms with E-state index in [1.807, 2.05) is 29.9 Å². The molecule has 2 aromatic rings. The molecule has 1 N–H and O–H groups in total. The molecule has 0 aliphatic heterocycles. The number of fused-ring (bicyclic) bond motifs is 1. The summed E-state index contributed by atoms with van der Waals surface area (Å²) in [5, 5.41) is 7.79. The van der Waals surface area contributed by atoms with Gasteiger partial charge in [0.05, 0.1) is 5.69 Å². The molecule has 0 saturated heterocycles. The first kappa shape index (κ1) is 13.5. The van der Waals surface area contributed by atoms with Gasteiger partial charge < -0.3 is 10.1 Å². The molecule has 5 heteroatoms. The molecule has 0 spiro atoms. The van der Waals surface area contributed by atoms with Crippen LogP contribution in [0.15, 0.2) is 18.5 Å². The largest absolute Gasteiger partial charge is 0.381 e. The van der Waals surface area contributed by atoms with Gasteiger partial charge in [-0.05, 0) is 38.6 Å². The summed E-state index contributed by atoms with van der Waals surface area (Å²) in [4.78, 5) is 4.39. The van der Waals surface area contributed by atoms with Crippen LogP contribution in [0, 0.1) is 12.8 Å². The Balaban J connectivity index is 1.35. The van der Waals surface area contributed by atoms with Crippen LogP contribution in [0.4, 0.5) is 0 Å². The van der Waals surface area contributed by atoms with Crippen LogP contribution in [-0.2, 0) is 11.3 Å². The molecule has 0 atom stereocenters. The van der Waals surface area contributed by atoms with Crippen molar-refractivity contribution < 1.29 is 4.74 Å². The van der Waals surface area contributed by atoms with Crippen molar-refractivity contribution in [2.75, 3.05) is 19.8 Å². The predicted octanol–water partition coefficient (Wildman–Crippen LogP) is 1.94. The second-order valence-corrected chi connectivity index (χ2v) is 5.60. The highest BCUT2D eigenvalue weighted by atomic mass is 16.5. The fourth-order valence-electron chi connectivity index (χ4n) is 2.19. The molecule has 1 aliphatic rings. The number of rotatable bonds is 8. The first-order chi connectivity index (χ1) is 9.81. The molecular formula is C15H22N4O. The quantitative estimate of drug-likeness (QED) is 0.748. The van der Waals surface area contributed by atoms with E-state index in [1.165, 1.54) is 12.8 Å². The van der Waals surface area contributed by atoms with Crippen molar-refractivity contribution in [2.24, 2.45) is 5.92 Å². The Bertz CT molecular complexity index is 562. The van der Waals surface area contributed by atoms with Crippen molar-refractivity contribution in [3.63, 3.8) is 0 Å². The minimum atomic E-state index is 0.824. The van der Waals surface area contributed by atoms with Gasteiger partial charge in [0.2, 0.25) is 0 Å². The molecule has 1 fully saturated rings.